The lowest BCUT2D eigenvalue weighted by Gasteiger charge is -2.09. The van der Waals surface area contributed by atoms with Crippen LogP contribution in [-0.4, -0.2) is 22.4 Å². The van der Waals surface area contributed by atoms with Gasteiger partial charge in [0.25, 0.3) is 5.91 Å². The van der Waals surface area contributed by atoms with E-state index >= 15 is 0 Å². The first-order chi connectivity index (χ1) is 12.7. The van der Waals surface area contributed by atoms with Gasteiger partial charge in [0.05, 0.1) is 11.3 Å². The fourth-order valence-electron chi connectivity index (χ4n) is 2.44. The van der Waals surface area contributed by atoms with Crippen LogP contribution in [-0.2, 0) is 13.0 Å². The molecule has 5 nitrogen and oxygen atoms in total. The predicted molar refractivity (Wildman–Crippen MR) is 103 cm³/mol. The number of hydrogen-bond donors (Lipinski definition) is 2. The molecule has 3 aromatic rings. The molecule has 2 N–H and O–H groups in total. The molecule has 6 heteroatoms. The normalized spacial score (nSPS) is 10.3. The minimum atomic E-state index is -0.140. The van der Waals surface area contributed by atoms with Crippen LogP contribution in [0, 0.1) is 0 Å². The maximum Gasteiger partial charge on any atom is 0.252 e. The van der Waals surface area contributed by atoms with E-state index in [2.05, 4.69) is 20.6 Å². The molecule has 2 heterocycles. The van der Waals surface area contributed by atoms with Gasteiger partial charge in [0.15, 0.2) is 0 Å². The molecule has 132 valence electrons. The second-order valence-corrected chi connectivity index (χ2v) is 6.24. The highest BCUT2D eigenvalue weighted by Gasteiger charge is 2.07. The molecule has 0 unspecified atom stereocenters. The zero-order valence-corrected chi connectivity index (χ0v) is 14.9. The van der Waals surface area contributed by atoms with Crippen LogP contribution in [0.5, 0.6) is 0 Å². The summed E-state index contributed by atoms with van der Waals surface area (Å²) in [6.45, 7) is 1.20. The molecule has 26 heavy (non-hydrogen) atoms. The molecule has 0 aliphatic rings. The van der Waals surface area contributed by atoms with Crippen LogP contribution in [0.15, 0.2) is 67.3 Å². The fourth-order valence-corrected chi connectivity index (χ4v) is 2.57. The quantitative estimate of drug-likeness (QED) is 0.668. The number of carbonyl (C=O) groups is 1. The highest BCUT2D eigenvalue weighted by Crippen LogP contribution is 2.11. The van der Waals surface area contributed by atoms with Crippen LogP contribution in [0.4, 0.5) is 5.69 Å². The monoisotopic (exact) mass is 366 g/mol. The number of nitrogens with one attached hydrogen (secondary N) is 2. The molecule has 1 amide bonds. The van der Waals surface area contributed by atoms with Crippen LogP contribution < -0.4 is 10.6 Å². The van der Waals surface area contributed by atoms with Crippen molar-refractivity contribution in [1.29, 1.82) is 0 Å². The van der Waals surface area contributed by atoms with Crippen LogP contribution >= 0.6 is 11.6 Å². The maximum atomic E-state index is 12.3. The Labute approximate surface area is 157 Å². The van der Waals surface area contributed by atoms with Crippen molar-refractivity contribution in [1.82, 2.24) is 15.3 Å². The molecule has 0 bridgehead atoms. The van der Waals surface area contributed by atoms with Gasteiger partial charge < -0.3 is 10.6 Å². The number of amides is 1. The van der Waals surface area contributed by atoms with Crippen molar-refractivity contribution in [2.75, 3.05) is 11.9 Å². The average molecular weight is 367 g/mol. The van der Waals surface area contributed by atoms with Gasteiger partial charge in [0, 0.05) is 42.9 Å². The molecule has 0 aliphatic heterocycles. The molecular formula is C20H19ClN4O. The zero-order valence-electron chi connectivity index (χ0n) is 14.2. The summed E-state index contributed by atoms with van der Waals surface area (Å²) in [5, 5.41) is 6.88. The van der Waals surface area contributed by atoms with Gasteiger partial charge in [-0.05, 0) is 47.9 Å². The van der Waals surface area contributed by atoms with Crippen molar-refractivity contribution in [2.45, 2.75) is 13.0 Å². The van der Waals surface area contributed by atoms with Gasteiger partial charge in [-0.2, -0.15) is 0 Å². The molecule has 0 saturated carbocycles. The van der Waals surface area contributed by atoms with E-state index in [1.165, 1.54) is 0 Å². The molecule has 3 rings (SSSR count). The Hall–Kier alpha value is -2.92. The van der Waals surface area contributed by atoms with Crippen molar-refractivity contribution < 1.29 is 4.79 Å². The maximum absolute atomic E-state index is 12.3. The van der Waals surface area contributed by atoms with Gasteiger partial charge in [-0.1, -0.05) is 23.7 Å². The molecule has 0 spiro atoms. The van der Waals surface area contributed by atoms with E-state index in [1.807, 2.05) is 36.4 Å². The smallest absolute Gasteiger partial charge is 0.252 e. The second-order valence-electron chi connectivity index (χ2n) is 5.80. The minimum absolute atomic E-state index is 0.140. The summed E-state index contributed by atoms with van der Waals surface area (Å²) in [6, 6.07) is 13.3. The van der Waals surface area contributed by atoms with Gasteiger partial charge >= 0.3 is 0 Å². The summed E-state index contributed by atoms with van der Waals surface area (Å²) in [5.74, 6) is -0.140. The number of halogens is 1. The van der Waals surface area contributed by atoms with Crippen molar-refractivity contribution >= 4 is 23.2 Å². The third-order valence-corrected chi connectivity index (χ3v) is 4.11. The van der Waals surface area contributed by atoms with E-state index in [-0.39, 0.29) is 5.91 Å². The lowest BCUT2D eigenvalue weighted by molar-refractivity contribution is 0.0954. The zero-order chi connectivity index (χ0) is 18.2. The first kappa shape index (κ1) is 17.9. The predicted octanol–water partition coefficient (Wildman–Crippen LogP) is 3.71. The molecule has 0 atom stereocenters. The topological polar surface area (TPSA) is 66.9 Å². The summed E-state index contributed by atoms with van der Waals surface area (Å²) in [6.07, 6.45) is 7.51. The average Bonchev–Trinajstić information content (AvgIpc) is 2.69. The van der Waals surface area contributed by atoms with E-state index in [0.29, 0.717) is 23.7 Å². The third kappa shape index (κ3) is 5.29. The van der Waals surface area contributed by atoms with Gasteiger partial charge in [-0.3, -0.25) is 14.8 Å². The first-order valence-corrected chi connectivity index (χ1v) is 8.69. The number of pyridine rings is 2. The van der Waals surface area contributed by atoms with Crippen LogP contribution in [0.1, 0.15) is 21.5 Å². The van der Waals surface area contributed by atoms with Crippen LogP contribution in [0.25, 0.3) is 0 Å². The van der Waals surface area contributed by atoms with Crippen LogP contribution in [0.2, 0.25) is 5.02 Å². The molecular weight excluding hydrogens is 348 g/mol. The summed E-state index contributed by atoms with van der Waals surface area (Å²) in [4.78, 5) is 20.4. The van der Waals surface area contributed by atoms with Crippen LogP contribution in [0.3, 0.4) is 0 Å². The Morgan fingerprint density at radius 3 is 2.50 bits per heavy atom. The van der Waals surface area contributed by atoms with Crippen molar-refractivity contribution in [2.24, 2.45) is 0 Å². The molecule has 0 aliphatic carbocycles. The number of benzene rings is 1. The number of anilines is 1. The SMILES string of the molecule is O=C(NCCc1ccc(Cl)cc1)c1cncc(NCc2ccncc2)c1. The van der Waals surface area contributed by atoms with Gasteiger partial charge in [-0.25, -0.2) is 0 Å². The second kappa shape index (κ2) is 8.97. The van der Waals surface area contributed by atoms with E-state index in [4.69, 9.17) is 11.6 Å². The summed E-state index contributed by atoms with van der Waals surface area (Å²) < 4.78 is 0. The van der Waals surface area contributed by atoms with Crippen molar-refractivity contribution in [3.05, 3.63) is 89.0 Å². The number of hydrogen-bond acceptors (Lipinski definition) is 4. The summed E-state index contributed by atoms with van der Waals surface area (Å²) in [5.41, 5.74) is 3.56. The van der Waals surface area contributed by atoms with E-state index in [9.17, 15) is 4.79 Å². The molecule has 0 saturated heterocycles. The number of nitrogens with zero attached hydrogens (tertiary/aromatic N) is 2. The Morgan fingerprint density at radius 1 is 0.962 bits per heavy atom. The van der Waals surface area contributed by atoms with E-state index in [1.54, 1.807) is 30.9 Å². The van der Waals surface area contributed by atoms with Gasteiger partial charge in [0.1, 0.15) is 0 Å². The van der Waals surface area contributed by atoms with E-state index in [0.717, 1.165) is 23.2 Å². The Balaban J connectivity index is 1.51. The minimum Gasteiger partial charge on any atom is -0.380 e. The number of carbonyl (C=O) groups excluding carboxylic acids is 1. The third-order valence-electron chi connectivity index (χ3n) is 3.86. The largest absolute Gasteiger partial charge is 0.380 e. The lowest BCUT2D eigenvalue weighted by atomic mass is 10.1. The summed E-state index contributed by atoms with van der Waals surface area (Å²) >= 11 is 5.87. The summed E-state index contributed by atoms with van der Waals surface area (Å²) in [7, 11) is 0. The Kier molecular flexibility index (Phi) is 6.17. The molecule has 0 radical (unpaired) electrons. The Bertz CT molecular complexity index is 853. The first-order valence-electron chi connectivity index (χ1n) is 8.31. The molecule has 0 fully saturated rings. The van der Waals surface area contributed by atoms with Gasteiger partial charge in [-0.15, -0.1) is 0 Å². The lowest BCUT2D eigenvalue weighted by Crippen LogP contribution is -2.25. The van der Waals surface area contributed by atoms with Crippen molar-refractivity contribution in [3.63, 3.8) is 0 Å². The molecule has 2 aromatic heterocycles. The van der Waals surface area contributed by atoms with Crippen molar-refractivity contribution in [3.8, 4) is 0 Å². The highest BCUT2D eigenvalue weighted by molar-refractivity contribution is 6.30. The van der Waals surface area contributed by atoms with E-state index < -0.39 is 0 Å². The number of aromatic nitrogens is 2. The highest BCUT2D eigenvalue weighted by atomic mass is 35.5. The Morgan fingerprint density at radius 2 is 1.73 bits per heavy atom. The standard InChI is InChI=1S/C20H19ClN4O/c21-18-3-1-15(2-4-18)7-10-24-20(26)17-11-19(14-23-13-17)25-12-16-5-8-22-9-6-16/h1-6,8-9,11,13-14,25H,7,10,12H2,(H,24,26). The fraction of sp³-hybridized carbons (Fsp3) is 0.150. The van der Waals surface area contributed by atoms with Gasteiger partial charge in [0.2, 0.25) is 0 Å². The molecule has 1 aromatic carbocycles. The number of rotatable bonds is 7.